The zero-order valence-electron chi connectivity index (χ0n) is 18.7. The van der Waals surface area contributed by atoms with Gasteiger partial charge in [-0.25, -0.2) is 10.5 Å². The molecule has 33 heavy (non-hydrogen) atoms. The topological polar surface area (TPSA) is 87.0 Å². The summed E-state index contributed by atoms with van der Waals surface area (Å²) in [5.41, 5.74) is 11.0. The zero-order valence-corrected chi connectivity index (χ0v) is 18.7. The number of benzene rings is 2. The molecule has 1 fully saturated rings. The lowest BCUT2D eigenvalue weighted by molar-refractivity contribution is -0.132. The van der Waals surface area contributed by atoms with E-state index in [-0.39, 0.29) is 5.91 Å². The van der Waals surface area contributed by atoms with Gasteiger partial charge in [0.25, 0.3) is 0 Å². The van der Waals surface area contributed by atoms with Gasteiger partial charge in [-0.15, -0.1) is 5.53 Å². The molecule has 8 heteroatoms. The second-order valence-electron chi connectivity index (χ2n) is 8.94. The molecule has 1 amide bonds. The smallest absolute Gasteiger partial charge is 0.227 e. The van der Waals surface area contributed by atoms with E-state index in [1.54, 1.807) is 11.3 Å². The summed E-state index contributed by atoms with van der Waals surface area (Å²) in [5, 5.41) is 15.1. The first-order chi connectivity index (χ1) is 16.2. The van der Waals surface area contributed by atoms with Crippen LogP contribution < -0.4 is 16.1 Å². The largest absolute Gasteiger partial charge is 0.340 e. The van der Waals surface area contributed by atoms with E-state index in [0.717, 1.165) is 62.4 Å². The third-order valence-corrected chi connectivity index (χ3v) is 6.93. The Balaban J connectivity index is 1.13. The van der Waals surface area contributed by atoms with Crippen LogP contribution in [-0.2, 0) is 17.6 Å². The molecule has 2 N–H and O–H groups in total. The SMILES string of the molecule is N#Cc1cccc2c1CCCC2CN1CCN(C(=O)Cc2ccc(N3C=NNN3)cc2)CC1. The van der Waals surface area contributed by atoms with Gasteiger partial charge in [0.05, 0.1) is 23.7 Å². The van der Waals surface area contributed by atoms with Gasteiger partial charge in [-0.1, -0.05) is 24.3 Å². The fourth-order valence-electron chi connectivity index (χ4n) is 5.12. The maximum Gasteiger partial charge on any atom is 0.227 e. The first-order valence-electron chi connectivity index (χ1n) is 11.7. The summed E-state index contributed by atoms with van der Waals surface area (Å²) in [7, 11) is 0. The monoisotopic (exact) mass is 443 g/mol. The first-order valence-corrected chi connectivity index (χ1v) is 11.7. The predicted molar refractivity (Wildman–Crippen MR) is 127 cm³/mol. The van der Waals surface area contributed by atoms with Gasteiger partial charge in [-0.3, -0.25) is 9.69 Å². The van der Waals surface area contributed by atoms with Crippen LogP contribution >= 0.6 is 0 Å². The van der Waals surface area contributed by atoms with Crippen LogP contribution in [0.1, 0.15) is 41.0 Å². The van der Waals surface area contributed by atoms with E-state index in [9.17, 15) is 10.1 Å². The zero-order chi connectivity index (χ0) is 22.6. The molecule has 2 aromatic carbocycles. The highest BCUT2D eigenvalue weighted by Crippen LogP contribution is 2.34. The number of anilines is 1. The minimum Gasteiger partial charge on any atom is -0.340 e. The molecule has 1 aliphatic carbocycles. The molecule has 1 atom stereocenters. The fourth-order valence-corrected chi connectivity index (χ4v) is 5.12. The Hall–Kier alpha value is -3.41. The van der Waals surface area contributed by atoms with E-state index in [2.05, 4.69) is 33.2 Å². The molecule has 2 aromatic rings. The van der Waals surface area contributed by atoms with Crippen LogP contribution in [0.3, 0.4) is 0 Å². The standard InChI is InChI=1S/C25H29N7O/c26-16-20-3-1-6-24-21(4-2-5-23(20)24)17-30-11-13-31(14-12-30)25(33)15-19-7-9-22(10-8-19)32-18-27-28-29-32/h1,3,6-10,18,21,28-29H,2,4-5,11-15,17H2. The summed E-state index contributed by atoms with van der Waals surface area (Å²) in [6, 6.07) is 16.5. The van der Waals surface area contributed by atoms with E-state index in [1.807, 2.05) is 41.3 Å². The van der Waals surface area contributed by atoms with Crippen molar-refractivity contribution in [2.24, 2.45) is 5.10 Å². The number of amides is 1. The molecule has 3 aliphatic rings. The molecule has 5 rings (SSSR count). The van der Waals surface area contributed by atoms with Crippen LogP contribution in [0, 0.1) is 11.3 Å². The highest BCUT2D eigenvalue weighted by Gasteiger charge is 2.27. The minimum absolute atomic E-state index is 0.187. The molecule has 0 saturated carbocycles. The molecule has 0 spiro atoms. The Morgan fingerprint density at radius 2 is 1.94 bits per heavy atom. The summed E-state index contributed by atoms with van der Waals surface area (Å²) in [5.74, 6) is 0.666. The van der Waals surface area contributed by atoms with Crippen LogP contribution in [0.25, 0.3) is 0 Å². The molecule has 8 nitrogen and oxygen atoms in total. The second kappa shape index (κ2) is 9.61. The number of carbonyl (C=O) groups is 1. The first kappa shape index (κ1) is 21.4. The number of nitrogens with zero attached hydrogens (tertiary/aromatic N) is 5. The Morgan fingerprint density at radius 1 is 1.12 bits per heavy atom. The van der Waals surface area contributed by atoms with Crippen LogP contribution in [0.2, 0.25) is 0 Å². The number of nitriles is 1. The van der Waals surface area contributed by atoms with Crippen molar-refractivity contribution in [2.45, 2.75) is 31.6 Å². The van der Waals surface area contributed by atoms with Crippen molar-refractivity contribution in [1.82, 2.24) is 20.9 Å². The van der Waals surface area contributed by atoms with Gasteiger partial charge in [0.15, 0.2) is 0 Å². The van der Waals surface area contributed by atoms with Gasteiger partial charge < -0.3 is 4.90 Å². The normalized spacial score (nSPS) is 20.3. The number of nitrogens with one attached hydrogen (secondary N) is 2. The maximum atomic E-state index is 12.9. The quantitative estimate of drug-likeness (QED) is 0.736. The third-order valence-electron chi connectivity index (χ3n) is 6.93. The third kappa shape index (κ3) is 4.70. The summed E-state index contributed by atoms with van der Waals surface area (Å²) < 4.78 is 0. The highest BCUT2D eigenvalue weighted by molar-refractivity contribution is 5.80. The van der Waals surface area contributed by atoms with Crippen molar-refractivity contribution in [1.29, 1.82) is 5.26 Å². The van der Waals surface area contributed by atoms with E-state index in [4.69, 9.17) is 0 Å². The van der Waals surface area contributed by atoms with Crippen LogP contribution in [0.4, 0.5) is 5.69 Å². The average molecular weight is 444 g/mol. The van der Waals surface area contributed by atoms with Crippen LogP contribution in [0.15, 0.2) is 47.6 Å². The summed E-state index contributed by atoms with van der Waals surface area (Å²) >= 11 is 0. The van der Waals surface area contributed by atoms with Crippen LogP contribution in [0.5, 0.6) is 0 Å². The van der Waals surface area contributed by atoms with Crippen LogP contribution in [-0.4, -0.2) is 54.8 Å². The van der Waals surface area contributed by atoms with E-state index in [0.29, 0.717) is 12.3 Å². The van der Waals surface area contributed by atoms with E-state index in [1.165, 1.54) is 17.5 Å². The highest BCUT2D eigenvalue weighted by atomic mass is 16.2. The number of hydrazine groups is 2. The van der Waals surface area contributed by atoms with E-state index < -0.39 is 0 Å². The molecule has 0 aromatic heterocycles. The molecule has 1 saturated heterocycles. The van der Waals surface area contributed by atoms with Gasteiger partial charge in [0.2, 0.25) is 5.91 Å². The fraction of sp³-hybridized carbons (Fsp3) is 0.400. The number of piperazine rings is 1. The number of hydrogen-bond donors (Lipinski definition) is 2. The summed E-state index contributed by atoms with van der Waals surface area (Å²) in [6.45, 7) is 4.36. The van der Waals surface area contributed by atoms with Gasteiger partial charge in [-0.05, 0) is 60.1 Å². The van der Waals surface area contributed by atoms with E-state index >= 15 is 0 Å². The van der Waals surface area contributed by atoms with Crippen molar-refractivity contribution in [2.75, 3.05) is 37.7 Å². The molecular weight excluding hydrogens is 414 g/mol. The lowest BCUT2D eigenvalue weighted by atomic mass is 9.80. The van der Waals surface area contributed by atoms with Crippen molar-refractivity contribution in [3.63, 3.8) is 0 Å². The number of rotatable bonds is 5. The summed E-state index contributed by atoms with van der Waals surface area (Å²) in [6.07, 6.45) is 5.41. The maximum absolute atomic E-state index is 12.9. The lowest BCUT2D eigenvalue weighted by Gasteiger charge is -2.38. The molecule has 2 heterocycles. The number of hydrazone groups is 1. The molecule has 0 radical (unpaired) electrons. The Bertz CT molecular complexity index is 1070. The molecule has 2 aliphatic heterocycles. The number of carbonyl (C=O) groups excluding carboxylic acids is 1. The molecule has 170 valence electrons. The number of hydrogen-bond acceptors (Lipinski definition) is 7. The molecule has 0 bridgehead atoms. The molecular formula is C25H29N7O. The lowest BCUT2D eigenvalue weighted by Crippen LogP contribution is -2.50. The summed E-state index contributed by atoms with van der Waals surface area (Å²) in [4.78, 5) is 17.3. The van der Waals surface area contributed by atoms with Crippen molar-refractivity contribution in [3.8, 4) is 6.07 Å². The van der Waals surface area contributed by atoms with Gasteiger partial charge in [0, 0.05) is 32.7 Å². The average Bonchev–Trinajstić information content (AvgIpc) is 3.40. The van der Waals surface area contributed by atoms with Gasteiger partial charge >= 0.3 is 0 Å². The van der Waals surface area contributed by atoms with Gasteiger partial charge in [-0.2, -0.15) is 10.4 Å². The Kier molecular flexibility index (Phi) is 6.24. The minimum atomic E-state index is 0.187. The number of fused-ring (bicyclic) bond motifs is 1. The Labute approximate surface area is 194 Å². The molecule has 1 unspecified atom stereocenters. The Morgan fingerprint density at radius 3 is 2.67 bits per heavy atom. The second-order valence-corrected chi connectivity index (χ2v) is 8.94. The van der Waals surface area contributed by atoms with Gasteiger partial charge in [0.1, 0.15) is 6.34 Å². The van der Waals surface area contributed by atoms with Crippen molar-refractivity contribution in [3.05, 3.63) is 64.7 Å². The van der Waals surface area contributed by atoms with Crippen molar-refractivity contribution >= 4 is 17.9 Å². The predicted octanol–water partition coefficient (Wildman–Crippen LogP) is 2.14. The van der Waals surface area contributed by atoms with Crippen molar-refractivity contribution < 1.29 is 4.79 Å².